The lowest BCUT2D eigenvalue weighted by Crippen LogP contribution is -2.42. The maximum Gasteiger partial charge on any atom is 0.330 e. The van der Waals surface area contributed by atoms with Crippen LogP contribution in [0, 0.1) is 0 Å². The monoisotopic (exact) mass is 942 g/mol. The summed E-state index contributed by atoms with van der Waals surface area (Å²) in [4.78, 5) is 43.9. The molecule has 2 saturated heterocycles. The van der Waals surface area contributed by atoms with Gasteiger partial charge >= 0.3 is 11.4 Å². The number of nitrogens with zero attached hydrogens (tertiary/aromatic N) is 14. The fraction of sp³-hybridized carbons (Fsp3) is 0.610. The molecule has 1 saturated carbocycles. The summed E-state index contributed by atoms with van der Waals surface area (Å²) in [6.07, 6.45) is 16.0. The highest BCUT2D eigenvalue weighted by Crippen LogP contribution is 2.31. The van der Waals surface area contributed by atoms with Crippen LogP contribution in [0.5, 0.6) is 0 Å². The molecule has 0 radical (unpaired) electrons. The Morgan fingerprint density at radius 1 is 0.615 bits per heavy atom. The van der Waals surface area contributed by atoms with E-state index in [2.05, 4.69) is 40.8 Å². The molecule has 358 valence electrons. The van der Waals surface area contributed by atoms with Crippen LogP contribution < -0.4 is 22.0 Å². The van der Waals surface area contributed by atoms with E-state index >= 15 is 0 Å². The van der Waals surface area contributed by atoms with Crippen molar-refractivity contribution in [2.75, 3.05) is 36.8 Å². The Balaban J connectivity index is 0.000000235. The summed E-state index contributed by atoms with van der Waals surface area (Å²) in [5, 5.41) is 14.6. The molecular weight excluding hydrogens is 877 g/mol. The van der Waals surface area contributed by atoms with E-state index in [1.807, 2.05) is 39.2 Å². The van der Waals surface area contributed by atoms with Crippen LogP contribution in [0.25, 0.3) is 22.3 Å². The van der Waals surface area contributed by atoms with E-state index in [1.54, 1.807) is 54.3 Å². The molecule has 0 unspecified atom stereocenters. The summed E-state index contributed by atoms with van der Waals surface area (Å²) >= 11 is 0. The number of sulfonamides is 2. The lowest BCUT2D eigenvalue weighted by atomic mass is 10.1. The third-order valence-electron chi connectivity index (χ3n) is 12.2. The number of aromatic nitrogens is 12. The predicted molar refractivity (Wildman–Crippen MR) is 251 cm³/mol. The van der Waals surface area contributed by atoms with Crippen LogP contribution in [0.2, 0.25) is 0 Å². The Bertz CT molecular complexity index is 2980. The van der Waals surface area contributed by atoms with Crippen LogP contribution in [0.15, 0.2) is 56.6 Å². The van der Waals surface area contributed by atoms with E-state index in [1.165, 1.54) is 42.8 Å². The summed E-state index contributed by atoms with van der Waals surface area (Å²) in [6.45, 7) is 11.5. The van der Waals surface area contributed by atoms with Crippen molar-refractivity contribution in [1.29, 1.82) is 0 Å². The third kappa shape index (κ3) is 9.61. The molecule has 0 bridgehead atoms. The first kappa shape index (κ1) is 47.5. The van der Waals surface area contributed by atoms with Crippen LogP contribution in [0.1, 0.15) is 94.9 Å². The topological polar surface area (TPSA) is 240 Å². The number of imidazole rings is 2. The lowest BCUT2D eigenvalue weighted by Gasteiger charge is -2.31. The van der Waals surface area contributed by atoms with Gasteiger partial charge in [0.15, 0.2) is 11.3 Å². The molecule has 2 aliphatic heterocycles. The molecule has 65 heavy (non-hydrogen) atoms. The predicted octanol–water partition coefficient (Wildman–Crippen LogP) is 3.65. The van der Waals surface area contributed by atoms with Gasteiger partial charge in [0.2, 0.25) is 31.9 Å². The maximum absolute atomic E-state index is 12.8. The molecule has 6 aromatic rings. The standard InChI is InChI=1S/C20H28N8O3S.C19H28N8O3S.C2H6.2H2/c1-25-13-16(11-22-25)32(30,31)27-9-7-14(8-10-27)23-19-21-12-17-18(24-19)26(2)20(29)28(17)15-5-3-4-6-15;1-19(2,3)27-16-15(25(5)18(27)28)11-20-17(23-16)22-13-6-8-26(9-7-13)31(29,30)14-10-21-24(4)12-14;1-2;;/h11-15H,3-10H2,1-2H3,(H,21,23,24);10-13H,6-9H2,1-5H3,(H,20,22,23);1-2H3;2*1H. The van der Waals surface area contributed by atoms with Crippen LogP contribution in [-0.2, 0) is 53.8 Å². The number of hydrogen-bond acceptors (Lipinski definition) is 14. The fourth-order valence-corrected chi connectivity index (χ4v) is 11.6. The number of anilines is 2. The second-order valence-corrected chi connectivity index (χ2v) is 21.5. The van der Waals surface area contributed by atoms with Gasteiger partial charge in [0.25, 0.3) is 0 Å². The second-order valence-electron chi connectivity index (χ2n) is 17.6. The molecular formula is C41H66N16O6S2. The normalized spacial score (nSPS) is 17.6. The zero-order valence-electron chi connectivity index (χ0n) is 38.7. The minimum Gasteiger partial charge on any atom is -0.351 e. The molecule has 1 aliphatic carbocycles. The van der Waals surface area contributed by atoms with Crippen LogP contribution in [-0.4, -0.2) is 121 Å². The molecule has 8 heterocycles. The highest BCUT2D eigenvalue weighted by Gasteiger charge is 2.33. The number of hydrogen-bond donors (Lipinski definition) is 2. The summed E-state index contributed by atoms with van der Waals surface area (Å²) in [5.41, 5.74) is 2.03. The summed E-state index contributed by atoms with van der Waals surface area (Å²) in [7, 11) is -0.227. The Labute approximate surface area is 381 Å². The van der Waals surface area contributed by atoms with Gasteiger partial charge < -0.3 is 10.6 Å². The van der Waals surface area contributed by atoms with Gasteiger partial charge in [0.1, 0.15) is 20.8 Å². The molecule has 0 atom stereocenters. The molecule has 24 heteroatoms. The number of fused-ring (bicyclic) bond motifs is 2. The number of piperidine rings is 2. The van der Waals surface area contributed by atoms with Gasteiger partial charge in [0.05, 0.1) is 24.8 Å². The van der Waals surface area contributed by atoms with Crippen molar-refractivity contribution in [3.8, 4) is 0 Å². The van der Waals surface area contributed by atoms with Crippen LogP contribution in [0.3, 0.4) is 0 Å². The third-order valence-corrected chi connectivity index (χ3v) is 15.9. The minimum atomic E-state index is -3.54. The number of aryl methyl sites for hydroxylation is 4. The van der Waals surface area contributed by atoms with Crippen molar-refractivity contribution in [3.05, 3.63) is 58.1 Å². The maximum atomic E-state index is 12.8. The Morgan fingerprint density at radius 2 is 1.06 bits per heavy atom. The molecule has 3 fully saturated rings. The van der Waals surface area contributed by atoms with E-state index in [-0.39, 0.29) is 42.1 Å². The smallest absolute Gasteiger partial charge is 0.330 e. The summed E-state index contributed by atoms with van der Waals surface area (Å²) < 4.78 is 63.7. The van der Waals surface area contributed by atoms with Gasteiger partial charge in [-0.1, -0.05) is 26.7 Å². The van der Waals surface area contributed by atoms with Crippen molar-refractivity contribution in [2.45, 2.75) is 119 Å². The summed E-state index contributed by atoms with van der Waals surface area (Å²) in [6, 6.07) is 0.317. The Hall–Kier alpha value is -5.46. The van der Waals surface area contributed by atoms with Gasteiger partial charge in [-0.25, -0.2) is 36.4 Å². The zero-order chi connectivity index (χ0) is 47.0. The molecule has 6 aromatic heterocycles. The van der Waals surface area contributed by atoms with Crippen molar-refractivity contribution < 1.29 is 19.7 Å². The van der Waals surface area contributed by atoms with E-state index in [0.717, 1.165) is 31.2 Å². The second kappa shape index (κ2) is 18.8. The van der Waals surface area contributed by atoms with Crippen LogP contribution >= 0.6 is 0 Å². The molecule has 0 amide bonds. The van der Waals surface area contributed by atoms with Gasteiger partial charge in [-0.3, -0.25) is 27.6 Å². The van der Waals surface area contributed by atoms with Crippen LogP contribution in [0.4, 0.5) is 11.9 Å². The summed E-state index contributed by atoms with van der Waals surface area (Å²) in [5.74, 6) is 0.898. The fourth-order valence-electron chi connectivity index (χ4n) is 8.72. The van der Waals surface area contributed by atoms with Gasteiger partial charge in [0, 0.05) is 93.3 Å². The minimum absolute atomic E-state index is 0. The largest absolute Gasteiger partial charge is 0.351 e. The van der Waals surface area contributed by atoms with E-state index in [0.29, 0.717) is 80.6 Å². The van der Waals surface area contributed by atoms with Gasteiger partial charge in [-0.2, -0.15) is 28.8 Å². The van der Waals surface area contributed by atoms with E-state index in [4.69, 9.17) is 0 Å². The number of nitrogens with one attached hydrogen (secondary N) is 2. The Kier molecular flexibility index (Phi) is 13.7. The molecule has 22 nitrogen and oxygen atoms in total. The van der Waals surface area contributed by atoms with Crippen molar-refractivity contribution in [2.24, 2.45) is 28.2 Å². The highest BCUT2D eigenvalue weighted by molar-refractivity contribution is 7.89. The van der Waals surface area contributed by atoms with E-state index in [9.17, 15) is 26.4 Å². The highest BCUT2D eigenvalue weighted by atomic mass is 32.2. The molecule has 9 rings (SSSR count). The Morgan fingerprint density at radius 3 is 1.49 bits per heavy atom. The van der Waals surface area contributed by atoms with E-state index < -0.39 is 25.6 Å². The molecule has 3 aliphatic rings. The zero-order valence-corrected chi connectivity index (χ0v) is 40.3. The molecule has 2 N–H and O–H groups in total. The molecule has 0 aromatic carbocycles. The number of rotatable bonds is 9. The van der Waals surface area contributed by atoms with Crippen molar-refractivity contribution >= 4 is 54.3 Å². The van der Waals surface area contributed by atoms with Gasteiger partial charge in [-0.15, -0.1) is 0 Å². The van der Waals surface area contributed by atoms with Gasteiger partial charge in [-0.05, 0) is 59.3 Å². The first-order valence-corrected chi connectivity index (χ1v) is 25.1. The quantitative estimate of drug-likeness (QED) is 0.211. The average molecular weight is 943 g/mol. The first-order chi connectivity index (χ1) is 30.8. The molecule has 0 spiro atoms. The SMILES string of the molecule is CC.Cn1cc(S(=O)(=O)N2CCC(Nc3ncc4c(n3)n(C(C)(C)C)c(=O)n4C)CC2)cn1.Cn1cc(S(=O)(=O)N2CCC(Nc3ncc4c(n3)n(C)c(=O)n4C3CCCC3)CC2)cn1.[HH].[HH]. The lowest BCUT2D eigenvalue weighted by molar-refractivity contribution is 0.329. The van der Waals surface area contributed by atoms with Crippen molar-refractivity contribution in [3.63, 3.8) is 0 Å². The average Bonchev–Trinajstić information content (AvgIpc) is 4.13. The van der Waals surface area contributed by atoms with Crippen molar-refractivity contribution in [1.82, 2.24) is 66.4 Å². The first-order valence-electron chi connectivity index (χ1n) is 22.2.